The van der Waals surface area contributed by atoms with E-state index in [4.69, 9.17) is 0 Å². The number of aromatic nitrogens is 3. The van der Waals surface area contributed by atoms with Gasteiger partial charge in [-0.3, -0.25) is 14.6 Å². The molecule has 1 aliphatic rings. The molecule has 2 aromatic heterocycles. The van der Waals surface area contributed by atoms with Crippen LogP contribution in [-0.2, 0) is 17.8 Å². The van der Waals surface area contributed by atoms with E-state index in [1.807, 2.05) is 23.1 Å². The highest BCUT2D eigenvalue weighted by Gasteiger charge is 2.19. The van der Waals surface area contributed by atoms with Gasteiger partial charge in [-0.1, -0.05) is 37.3 Å². The van der Waals surface area contributed by atoms with Crippen molar-refractivity contribution >= 4 is 28.5 Å². The van der Waals surface area contributed by atoms with Gasteiger partial charge in [0, 0.05) is 62.7 Å². The fraction of sp³-hybridized carbons (Fsp3) is 0.276. The standard InChI is InChI=1S/C29H30N6O2/c1-18(23-5-4-6-24-25(29(37)30-3)9-11-31-28(23)24)15-32-27-14-26(33-17-34-27)21-7-8-22-16-35(19(2)36)12-10-20(22)13-21/h4-9,11,13-14,17-18H,10,12,15-16H2,1-3H3,(H,30,37)(H,32,33,34)/t18-/m1/s1. The summed E-state index contributed by atoms with van der Waals surface area (Å²) in [5.74, 6) is 0.864. The largest absolute Gasteiger partial charge is 0.369 e. The molecule has 8 heteroatoms. The third kappa shape index (κ3) is 5.00. The molecule has 8 nitrogen and oxygen atoms in total. The molecule has 0 saturated heterocycles. The maximum absolute atomic E-state index is 12.3. The van der Waals surface area contributed by atoms with Crippen molar-refractivity contribution in [1.29, 1.82) is 0 Å². The van der Waals surface area contributed by atoms with Crippen LogP contribution in [0.4, 0.5) is 5.82 Å². The van der Waals surface area contributed by atoms with E-state index in [2.05, 4.69) is 56.8 Å². The Morgan fingerprint density at radius 2 is 1.92 bits per heavy atom. The number of nitrogens with one attached hydrogen (secondary N) is 2. The molecule has 2 N–H and O–H groups in total. The molecule has 0 aliphatic carbocycles. The lowest BCUT2D eigenvalue weighted by atomic mass is 9.95. The van der Waals surface area contributed by atoms with Crippen molar-refractivity contribution in [2.24, 2.45) is 0 Å². The first-order valence-electron chi connectivity index (χ1n) is 12.5. The molecule has 0 bridgehead atoms. The molecule has 2 amide bonds. The van der Waals surface area contributed by atoms with Gasteiger partial charge < -0.3 is 15.5 Å². The number of carbonyl (C=O) groups is 2. The minimum absolute atomic E-state index is 0.113. The highest BCUT2D eigenvalue weighted by molar-refractivity contribution is 6.06. The summed E-state index contributed by atoms with van der Waals surface area (Å²) in [7, 11) is 1.63. The van der Waals surface area contributed by atoms with E-state index in [9.17, 15) is 9.59 Å². The van der Waals surface area contributed by atoms with Crippen LogP contribution in [0.1, 0.15) is 46.8 Å². The average molecular weight is 495 g/mol. The highest BCUT2D eigenvalue weighted by Crippen LogP contribution is 2.28. The van der Waals surface area contributed by atoms with Crippen LogP contribution in [-0.4, -0.2) is 51.8 Å². The van der Waals surface area contributed by atoms with Crippen molar-refractivity contribution in [3.05, 3.63) is 83.3 Å². The third-order valence-electron chi connectivity index (χ3n) is 7.02. The molecule has 5 rings (SSSR count). The molecular formula is C29H30N6O2. The van der Waals surface area contributed by atoms with Gasteiger partial charge in [0.15, 0.2) is 0 Å². The van der Waals surface area contributed by atoms with Gasteiger partial charge in [0.05, 0.1) is 16.8 Å². The first-order valence-corrected chi connectivity index (χ1v) is 12.5. The Labute approximate surface area is 216 Å². The van der Waals surface area contributed by atoms with Crippen LogP contribution in [0.5, 0.6) is 0 Å². The minimum atomic E-state index is -0.123. The van der Waals surface area contributed by atoms with Gasteiger partial charge in [-0.15, -0.1) is 0 Å². The number of para-hydroxylation sites is 1. The minimum Gasteiger partial charge on any atom is -0.369 e. The van der Waals surface area contributed by atoms with E-state index in [1.165, 1.54) is 11.1 Å². The van der Waals surface area contributed by atoms with Crippen LogP contribution in [0.3, 0.4) is 0 Å². The van der Waals surface area contributed by atoms with Crippen molar-refractivity contribution in [3.63, 3.8) is 0 Å². The van der Waals surface area contributed by atoms with Gasteiger partial charge in [0.25, 0.3) is 5.91 Å². The average Bonchev–Trinajstić information content (AvgIpc) is 2.94. The molecule has 3 heterocycles. The summed E-state index contributed by atoms with van der Waals surface area (Å²) in [5.41, 5.74) is 6.86. The van der Waals surface area contributed by atoms with E-state index >= 15 is 0 Å². The summed E-state index contributed by atoms with van der Waals surface area (Å²) in [6.07, 6.45) is 4.11. The maximum Gasteiger partial charge on any atom is 0.251 e. The number of rotatable bonds is 6. The van der Waals surface area contributed by atoms with Gasteiger partial charge in [-0.2, -0.15) is 0 Å². The van der Waals surface area contributed by atoms with Crippen molar-refractivity contribution < 1.29 is 9.59 Å². The smallest absolute Gasteiger partial charge is 0.251 e. The second kappa shape index (κ2) is 10.3. The molecule has 0 spiro atoms. The zero-order valence-electron chi connectivity index (χ0n) is 21.3. The summed E-state index contributed by atoms with van der Waals surface area (Å²) in [6.45, 7) is 5.80. The Morgan fingerprint density at radius 1 is 1.05 bits per heavy atom. The molecule has 0 saturated carbocycles. The topological polar surface area (TPSA) is 100 Å². The monoisotopic (exact) mass is 494 g/mol. The van der Waals surface area contributed by atoms with Crippen LogP contribution in [0.2, 0.25) is 0 Å². The predicted molar refractivity (Wildman–Crippen MR) is 144 cm³/mol. The molecule has 1 atom stereocenters. The fourth-order valence-electron chi connectivity index (χ4n) is 4.89. The molecule has 37 heavy (non-hydrogen) atoms. The van der Waals surface area contributed by atoms with Crippen LogP contribution < -0.4 is 10.6 Å². The number of nitrogens with zero attached hydrogens (tertiary/aromatic N) is 4. The first kappa shape index (κ1) is 24.4. The van der Waals surface area contributed by atoms with Crippen molar-refractivity contribution in [1.82, 2.24) is 25.2 Å². The van der Waals surface area contributed by atoms with Gasteiger partial charge in [-0.25, -0.2) is 9.97 Å². The second-order valence-electron chi connectivity index (χ2n) is 9.43. The van der Waals surface area contributed by atoms with E-state index in [-0.39, 0.29) is 17.7 Å². The van der Waals surface area contributed by atoms with Gasteiger partial charge in [-0.05, 0) is 35.2 Å². The zero-order valence-corrected chi connectivity index (χ0v) is 21.3. The van der Waals surface area contributed by atoms with E-state index in [1.54, 1.807) is 32.6 Å². The van der Waals surface area contributed by atoms with E-state index in [0.29, 0.717) is 18.7 Å². The predicted octanol–water partition coefficient (Wildman–Crippen LogP) is 4.17. The number of hydrogen-bond acceptors (Lipinski definition) is 6. The Balaban J connectivity index is 1.33. The lowest BCUT2D eigenvalue weighted by molar-refractivity contribution is -0.129. The summed E-state index contributed by atoms with van der Waals surface area (Å²) in [6, 6.07) is 16.0. The van der Waals surface area contributed by atoms with Gasteiger partial charge in [0.1, 0.15) is 12.1 Å². The quantitative estimate of drug-likeness (QED) is 0.417. The fourth-order valence-corrected chi connectivity index (χ4v) is 4.89. The Bertz CT molecular complexity index is 1480. The molecular weight excluding hydrogens is 464 g/mol. The summed E-state index contributed by atoms with van der Waals surface area (Å²) in [5, 5.41) is 6.99. The lowest BCUT2D eigenvalue weighted by Gasteiger charge is -2.28. The number of pyridine rings is 1. The van der Waals surface area contributed by atoms with Crippen LogP contribution >= 0.6 is 0 Å². The number of hydrogen-bond donors (Lipinski definition) is 2. The van der Waals surface area contributed by atoms with Crippen molar-refractivity contribution in [2.45, 2.75) is 32.7 Å². The van der Waals surface area contributed by atoms with Crippen LogP contribution in [0.25, 0.3) is 22.2 Å². The highest BCUT2D eigenvalue weighted by atomic mass is 16.2. The van der Waals surface area contributed by atoms with Gasteiger partial charge >= 0.3 is 0 Å². The Kier molecular flexibility index (Phi) is 6.81. The second-order valence-corrected chi connectivity index (χ2v) is 9.43. The number of benzene rings is 2. The molecule has 188 valence electrons. The maximum atomic E-state index is 12.3. The summed E-state index contributed by atoms with van der Waals surface area (Å²) in [4.78, 5) is 39.4. The Morgan fingerprint density at radius 3 is 2.73 bits per heavy atom. The molecule has 0 radical (unpaired) electrons. The number of anilines is 1. The van der Waals surface area contributed by atoms with E-state index in [0.717, 1.165) is 46.5 Å². The van der Waals surface area contributed by atoms with Crippen LogP contribution in [0.15, 0.2) is 61.1 Å². The number of amides is 2. The molecule has 0 unspecified atom stereocenters. The third-order valence-corrected chi connectivity index (χ3v) is 7.02. The molecule has 1 aliphatic heterocycles. The van der Waals surface area contributed by atoms with Crippen molar-refractivity contribution in [2.75, 3.05) is 25.5 Å². The van der Waals surface area contributed by atoms with Gasteiger partial charge in [0.2, 0.25) is 5.91 Å². The van der Waals surface area contributed by atoms with Crippen molar-refractivity contribution in [3.8, 4) is 11.3 Å². The zero-order chi connectivity index (χ0) is 25.9. The number of carbonyl (C=O) groups excluding carboxylic acids is 2. The molecule has 0 fully saturated rings. The SMILES string of the molecule is CNC(=O)c1ccnc2c([C@H](C)CNc3cc(-c4ccc5c(c4)CCN(C(C)=O)C5)ncn3)cccc12. The summed E-state index contributed by atoms with van der Waals surface area (Å²) >= 11 is 0. The van der Waals surface area contributed by atoms with E-state index < -0.39 is 0 Å². The normalized spacial score (nSPS) is 13.6. The molecule has 4 aromatic rings. The summed E-state index contributed by atoms with van der Waals surface area (Å²) < 4.78 is 0. The first-order chi connectivity index (χ1) is 17.9. The number of fused-ring (bicyclic) bond motifs is 2. The Hall–Kier alpha value is -4.33. The lowest BCUT2D eigenvalue weighted by Crippen LogP contribution is -2.34. The molecule has 2 aromatic carbocycles. The van der Waals surface area contributed by atoms with Crippen LogP contribution in [0, 0.1) is 0 Å².